The Labute approximate surface area is 259 Å². The lowest BCUT2D eigenvalue weighted by Crippen LogP contribution is -2.44. The number of rotatable bonds is 8. The first kappa shape index (κ1) is 29.5. The minimum Gasteiger partial charge on any atom is -0.459 e. The fraction of sp³-hybridized carbons (Fsp3) is 0.312. The molecule has 0 bridgehead atoms. The number of anilines is 1. The molecule has 5 aromatic rings. The molecule has 1 aliphatic heterocycles. The lowest BCUT2D eigenvalue weighted by Gasteiger charge is -2.34. The lowest BCUT2D eigenvalue weighted by molar-refractivity contribution is 0.0470. The highest BCUT2D eigenvalue weighted by Gasteiger charge is 2.20. The summed E-state index contributed by atoms with van der Waals surface area (Å²) in [5, 5.41) is 4.90. The van der Waals surface area contributed by atoms with Gasteiger partial charge in [-0.3, -0.25) is 9.36 Å². The van der Waals surface area contributed by atoms with Crippen LogP contribution < -0.4 is 10.5 Å². The Morgan fingerprint density at radius 3 is 2.48 bits per heavy atom. The standard InChI is InChI=1S/C32H32ClN7O4/c1-4-40-29-22(19-34-27(35-29)16-20-6-9-23(10-7-20)39-14-12-38(3)13-15-39)17-25(31(40)41)24-11-8-21(18-26(24)33)28-36-30(44-37-28)32(42)43-5-2/h6-11,17-19H,4-5,12-16H2,1-3H3. The predicted molar refractivity (Wildman–Crippen MR) is 168 cm³/mol. The summed E-state index contributed by atoms with van der Waals surface area (Å²) in [6.45, 7) is 8.37. The normalized spacial score (nSPS) is 13.9. The Hall–Kier alpha value is -4.61. The van der Waals surface area contributed by atoms with Crippen molar-refractivity contribution in [3.8, 4) is 22.5 Å². The van der Waals surface area contributed by atoms with Crippen LogP contribution in [0.5, 0.6) is 0 Å². The van der Waals surface area contributed by atoms with Crippen molar-refractivity contribution in [2.24, 2.45) is 0 Å². The molecule has 2 aromatic carbocycles. The van der Waals surface area contributed by atoms with E-state index >= 15 is 0 Å². The van der Waals surface area contributed by atoms with Crippen LogP contribution in [0.4, 0.5) is 5.69 Å². The predicted octanol–water partition coefficient (Wildman–Crippen LogP) is 4.70. The highest BCUT2D eigenvalue weighted by atomic mass is 35.5. The van der Waals surface area contributed by atoms with Crippen molar-refractivity contribution in [1.82, 2.24) is 29.6 Å². The first-order valence-corrected chi connectivity index (χ1v) is 15.0. The molecule has 0 amide bonds. The van der Waals surface area contributed by atoms with Gasteiger partial charge in [0, 0.05) is 78.1 Å². The number of halogens is 1. The summed E-state index contributed by atoms with van der Waals surface area (Å²) in [4.78, 5) is 43.9. The Balaban J connectivity index is 1.26. The number of piperazine rings is 1. The fourth-order valence-electron chi connectivity index (χ4n) is 5.33. The number of pyridine rings is 1. The summed E-state index contributed by atoms with van der Waals surface area (Å²) in [5.74, 6) is -0.121. The minimum absolute atomic E-state index is 0.181. The van der Waals surface area contributed by atoms with Crippen LogP contribution in [0.25, 0.3) is 33.5 Å². The number of nitrogens with zero attached hydrogens (tertiary/aromatic N) is 7. The molecule has 1 fully saturated rings. The molecule has 6 rings (SSSR count). The van der Waals surface area contributed by atoms with Crippen LogP contribution in [-0.2, 0) is 17.7 Å². The van der Waals surface area contributed by atoms with Crippen molar-refractivity contribution >= 4 is 34.3 Å². The fourth-order valence-corrected chi connectivity index (χ4v) is 5.61. The maximum atomic E-state index is 13.7. The number of fused-ring (bicyclic) bond motifs is 1. The van der Waals surface area contributed by atoms with E-state index in [1.165, 1.54) is 5.69 Å². The first-order valence-electron chi connectivity index (χ1n) is 14.6. The van der Waals surface area contributed by atoms with E-state index in [2.05, 4.69) is 56.2 Å². The quantitative estimate of drug-likeness (QED) is 0.228. The monoisotopic (exact) mass is 613 g/mol. The molecule has 1 aliphatic rings. The van der Waals surface area contributed by atoms with E-state index in [4.69, 9.17) is 25.8 Å². The van der Waals surface area contributed by atoms with Gasteiger partial charge in [-0.15, -0.1) is 0 Å². The van der Waals surface area contributed by atoms with Gasteiger partial charge in [-0.25, -0.2) is 14.8 Å². The lowest BCUT2D eigenvalue weighted by atomic mass is 10.0. The third-order valence-corrected chi connectivity index (χ3v) is 8.07. The zero-order valence-electron chi connectivity index (χ0n) is 24.8. The second-order valence-corrected chi connectivity index (χ2v) is 11.1. The minimum atomic E-state index is -0.699. The molecular weight excluding hydrogens is 582 g/mol. The van der Waals surface area contributed by atoms with Gasteiger partial charge >= 0.3 is 11.9 Å². The number of likely N-dealkylation sites (N-methyl/N-ethyl adjacent to an activating group) is 1. The van der Waals surface area contributed by atoms with Crippen molar-refractivity contribution in [2.45, 2.75) is 26.8 Å². The Kier molecular flexibility index (Phi) is 8.40. The molecule has 44 heavy (non-hydrogen) atoms. The SMILES string of the molecule is CCOC(=O)c1nc(-c2ccc(-c3cc4cnc(Cc5ccc(N6CCN(C)CC6)cc5)nc4n(CC)c3=O)c(Cl)c2)no1. The molecule has 12 heteroatoms. The zero-order chi connectivity index (χ0) is 30.8. The molecule has 4 heterocycles. The summed E-state index contributed by atoms with van der Waals surface area (Å²) in [7, 11) is 2.15. The van der Waals surface area contributed by atoms with Crippen molar-refractivity contribution in [3.05, 3.63) is 87.4 Å². The molecule has 0 saturated carbocycles. The van der Waals surface area contributed by atoms with Crippen LogP contribution in [0.2, 0.25) is 5.02 Å². The first-order chi connectivity index (χ1) is 21.3. The molecule has 0 atom stereocenters. The Morgan fingerprint density at radius 1 is 1.00 bits per heavy atom. The van der Waals surface area contributed by atoms with Crippen LogP contribution in [0.1, 0.15) is 35.9 Å². The maximum Gasteiger partial charge on any atom is 0.397 e. The Bertz CT molecular complexity index is 1880. The topological polar surface area (TPSA) is 119 Å². The van der Waals surface area contributed by atoms with Gasteiger partial charge in [-0.05, 0) is 50.7 Å². The number of ether oxygens (including phenoxy) is 1. The summed E-state index contributed by atoms with van der Waals surface area (Å²) in [5.41, 5.74) is 4.19. The largest absolute Gasteiger partial charge is 0.459 e. The van der Waals surface area contributed by atoms with Crippen molar-refractivity contribution in [2.75, 3.05) is 44.7 Å². The molecule has 0 unspecified atom stereocenters. The number of esters is 1. The average molecular weight is 614 g/mol. The van der Waals surface area contributed by atoms with E-state index < -0.39 is 5.97 Å². The zero-order valence-corrected chi connectivity index (χ0v) is 25.5. The van der Waals surface area contributed by atoms with Gasteiger partial charge in [0.2, 0.25) is 5.82 Å². The van der Waals surface area contributed by atoms with E-state index in [1.807, 2.05) is 6.92 Å². The van der Waals surface area contributed by atoms with E-state index in [0.29, 0.717) is 46.2 Å². The summed E-state index contributed by atoms with van der Waals surface area (Å²) < 4.78 is 11.6. The maximum absolute atomic E-state index is 13.7. The molecule has 226 valence electrons. The molecule has 0 N–H and O–H groups in total. The second-order valence-electron chi connectivity index (χ2n) is 10.6. The summed E-state index contributed by atoms with van der Waals surface area (Å²) in [6, 6.07) is 15.4. The summed E-state index contributed by atoms with van der Waals surface area (Å²) >= 11 is 6.67. The third kappa shape index (κ3) is 5.93. The number of hydrogen-bond acceptors (Lipinski definition) is 10. The van der Waals surface area contributed by atoms with Crippen LogP contribution in [0.15, 0.2) is 64.0 Å². The van der Waals surface area contributed by atoms with Gasteiger partial charge in [0.25, 0.3) is 5.56 Å². The molecule has 1 saturated heterocycles. The van der Waals surface area contributed by atoms with Gasteiger partial charge in [0.15, 0.2) is 0 Å². The third-order valence-electron chi connectivity index (χ3n) is 7.75. The van der Waals surface area contributed by atoms with Crippen molar-refractivity contribution in [3.63, 3.8) is 0 Å². The van der Waals surface area contributed by atoms with Crippen LogP contribution >= 0.6 is 11.6 Å². The van der Waals surface area contributed by atoms with Gasteiger partial charge in [0.05, 0.1) is 6.61 Å². The van der Waals surface area contributed by atoms with Crippen LogP contribution in [0, 0.1) is 0 Å². The van der Waals surface area contributed by atoms with Crippen molar-refractivity contribution in [1.29, 1.82) is 0 Å². The van der Waals surface area contributed by atoms with Gasteiger partial charge in [-0.1, -0.05) is 41.0 Å². The smallest absolute Gasteiger partial charge is 0.397 e. The van der Waals surface area contributed by atoms with E-state index in [1.54, 1.807) is 42.0 Å². The van der Waals surface area contributed by atoms with E-state index in [-0.39, 0.29) is 23.9 Å². The van der Waals surface area contributed by atoms with E-state index in [9.17, 15) is 9.59 Å². The number of aromatic nitrogens is 5. The van der Waals surface area contributed by atoms with Crippen LogP contribution in [0.3, 0.4) is 0 Å². The highest BCUT2D eigenvalue weighted by Crippen LogP contribution is 2.31. The molecule has 3 aromatic heterocycles. The number of benzene rings is 2. The number of carbonyl (C=O) groups is 1. The molecule has 0 radical (unpaired) electrons. The van der Waals surface area contributed by atoms with Gasteiger partial charge < -0.3 is 19.1 Å². The number of carbonyl (C=O) groups excluding carboxylic acids is 1. The second kappa shape index (κ2) is 12.6. The van der Waals surface area contributed by atoms with Gasteiger partial charge in [-0.2, -0.15) is 4.98 Å². The average Bonchev–Trinajstić information content (AvgIpc) is 3.53. The molecule has 11 nitrogen and oxygen atoms in total. The van der Waals surface area contributed by atoms with Crippen LogP contribution in [-0.4, -0.2) is 75.4 Å². The molecular formula is C32H32ClN7O4. The van der Waals surface area contributed by atoms with Crippen molar-refractivity contribution < 1.29 is 14.1 Å². The highest BCUT2D eigenvalue weighted by molar-refractivity contribution is 6.33. The van der Waals surface area contributed by atoms with Gasteiger partial charge in [0.1, 0.15) is 11.5 Å². The molecule has 0 aliphatic carbocycles. The number of aryl methyl sites for hydroxylation is 1. The Morgan fingerprint density at radius 2 is 1.77 bits per heavy atom. The van der Waals surface area contributed by atoms with E-state index in [0.717, 1.165) is 37.1 Å². The summed E-state index contributed by atoms with van der Waals surface area (Å²) in [6.07, 6.45) is 2.31. The molecule has 0 spiro atoms. The number of hydrogen-bond donors (Lipinski definition) is 0.